The highest BCUT2D eigenvalue weighted by atomic mass is 32.2. The molecule has 0 unspecified atom stereocenters. The lowest BCUT2D eigenvalue weighted by molar-refractivity contribution is 0.592. The third-order valence-corrected chi connectivity index (χ3v) is 11.3. The van der Waals surface area contributed by atoms with E-state index in [0.29, 0.717) is 11.6 Å². The maximum absolute atomic E-state index is 12.0. The van der Waals surface area contributed by atoms with Crippen molar-refractivity contribution in [3.63, 3.8) is 0 Å². The standard InChI is InChI=1S/C23H18N4O2S.C23H18N4S/c1-15-7-10-19-20(13-15)27(21-11-12-24-23(26-21)30(2,28)29)22(25-19)18-9-8-16-5-3-4-6-17(16)14-18;1-15-7-10-19-20(13-15)27(21-11-12-24-23(26-21)28-2)22(25-19)18-9-8-16-5-3-4-6-17(16)14-18/h3-14H,1-2H3;3-14H,1-2H3. The molecule has 10 nitrogen and oxygen atoms in total. The summed E-state index contributed by atoms with van der Waals surface area (Å²) >= 11 is 1.54. The predicted molar refractivity (Wildman–Crippen MR) is 234 cm³/mol. The number of hydrogen-bond donors (Lipinski definition) is 0. The number of aromatic nitrogens is 8. The zero-order valence-electron chi connectivity index (χ0n) is 32.1. The van der Waals surface area contributed by atoms with E-state index in [0.717, 1.165) is 72.6 Å². The van der Waals surface area contributed by atoms with Crippen LogP contribution in [0.4, 0.5) is 0 Å². The molecule has 0 atom stereocenters. The summed E-state index contributed by atoms with van der Waals surface area (Å²) in [6.07, 6.45) is 6.36. The average Bonchev–Trinajstić information content (AvgIpc) is 3.82. The molecule has 0 aliphatic carbocycles. The van der Waals surface area contributed by atoms with Gasteiger partial charge < -0.3 is 0 Å². The van der Waals surface area contributed by atoms with Gasteiger partial charge in [-0.3, -0.25) is 9.13 Å². The highest BCUT2D eigenvalue weighted by molar-refractivity contribution is 7.98. The lowest BCUT2D eigenvalue weighted by Crippen LogP contribution is -2.08. The number of sulfone groups is 1. The van der Waals surface area contributed by atoms with E-state index in [4.69, 9.17) is 15.0 Å². The van der Waals surface area contributed by atoms with Crippen molar-refractivity contribution < 1.29 is 8.42 Å². The molecule has 0 N–H and O–H groups in total. The van der Waals surface area contributed by atoms with Gasteiger partial charge in [-0.05, 0) is 101 Å². The maximum atomic E-state index is 12.0. The van der Waals surface area contributed by atoms with E-state index in [1.54, 1.807) is 12.3 Å². The Morgan fingerprint density at radius 3 is 1.50 bits per heavy atom. The molecular weight excluding hydrogens is 761 g/mol. The second-order valence-electron chi connectivity index (χ2n) is 14.0. The zero-order valence-corrected chi connectivity index (χ0v) is 33.7. The largest absolute Gasteiger partial charge is 0.276 e. The summed E-state index contributed by atoms with van der Waals surface area (Å²) in [5.74, 6) is 2.87. The number of hydrogen-bond acceptors (Lipinski definition) is 9. The Kier molecular flexibility index (Phi) is 9.50. The third-order valence-electron chi connectivity index (χ3n) is 9.85. The first-order valence-electron chi connectivity index (χ1n) is 18.5. The molecule has 4 heterocycles. The predicted octanol–water partition coefficient (Wildman–Crippen LogP) is 10.0. The van der Waals surface area contributed by atoms with E-state index in [9.17, 15) is 8.42 Å². The summed E-state index contributed by atoms with van der Waals surface area (Å²) in [6.45, 7) is 4.11. The van der Waals surface area contributed by atoms with E-state index in [2.05, 4.69) is 111 Å². The van der Waals surface area contributed by atoms with Crippen LogP contribution in [-0.4, -0.2) is 60.0 Å². The minimum absolute atomic E-state index is 0.209. The van der Waals surface area contributed by atoms with Gasteiger partial charge in [0, 0.05) is 29.8 Å². The molecule has 0 aliphatic heterocycles. The van der Waals surface area contributed by atoms with Crippen LogP contribution in [-0.2, 0) is 9.84 Å². The average molecular weight is 797 g/mol. The van der Waals surface area contributed by atoms with Crippen LogP contribution < -0.4 is 0 Å². The molecule has 0 saturated heterocycles. The summed E-state index contributed by atoms with van der Waals surface area (Å²) in [7, 11) is -3.54. The first-order chi connectivity index (χ1) is 28.1. The Hall–Kier alpha value is -6.76. The number of imidazole rings is 2. The van der Waals surface area contributed by atoms with Gasteiger partial charge in [0.2, 0.25) is 15.0 Å². The van der Waals surface area contributed by atoms with E-state index >= 15 is 0 Å². The highest BCUT2D eigenvalue weighted by Crippen LogP contribution is 2.32. The van der Waals surface area contributed by atoms with Crippen LogP contribution in [0.2, 0.25) is 0 Å². The van der Waals surface area contributed by atoms with Crippen molar-refractivity contribution in [2.75, 3.05) is 12.5 Å². The Bertz CT molecular complexity index is 3300. The molecule has 0 fully saturated rings. The van der Waals surface area contributed by atoms with Crippen LogP contribution >= 0.6 is 11.8 Å². The molecule has 0 spiro atoms. The van der Waals surface area contributed by atoms with Crippen molar-refractivity contribution in [1.82, 2.24) is 39.0 Å². The summed E-state index contributed by atoms with van der Waals surface area (Å²) in [5, 5.41) is 5.19. The van der Waals surface area contributed by atoms with Gasteiger partial charge in [-0.15, -0.1) is 0 Å². The number of nitrogens with zero attached hydrogens (tertiary/aromatic N) is 8. The SMILES string of the molecule is CSc1nccc(-n2c(-c3ccc4ccccc4c3)nc3ccc(C)cc32)n1.Cc1ccc2nc(-c3ccc4ccccc4c3)n(-c3ccnc(S(C)(=O)=O)n3)c2c1. The molecule has 12 heteroatoms. The third kappa shape index (κ3) is 7.08. The monoisotopic (exact) mass is 796 g/mol. The molecule has 0 radical (unpaired) electrons. The van der Waals surface area contributed by atoms with Crippen LogP contribution in [0.5, 0.6) is 0 Å². The molecule has 4 aromatic heterocycles. The fourth-order valence-corrected chi connectivity index (χ4v) is 7.93. The van der Waals surface area contributed by atoms with Gasteiger partial charge in [0.1, 0.15) is 23.3 Å². The lowest BCUT2D eigenvalue weighted by Gasteiger charge is -2.10. The topological polar surface area (TPSA) is 121 Å². The summed E-state index contributed by atoms with van der Waals surface area (Å²) < 4.78 is 28.1. The fourth-order valence-electron chi connectivity index (χ4n) is 7.07. The Balaban J connectivity index is 0.000000151. The van der Waals surface area contributed by atoms with Gasteiger partial charge in [0.05, 0.1) is 22.1 Å². The van der Waals surface area contributed by atoms with Crippen molar-refractivity contribution in [1.29, 1.82) is 0 Å². The Morgan fingerprint density at radius 2 is 1.00 bits per heavy atom. The van der Waals surface area contributed by atoms with Crippen molar-refractivity contribution in [2.24, 2.45) is 0 Å². The van der Waals surface area contributed by atoms with Gasteiger partial charge in [0.25, 0.3) is 0 Å². The molecule has 284 valence electrons. The number of rotatable bonds is 6. The Labute approximate surface area is 339 Å². The van der Waals surface area contributed by atoms with E-state index < -0.39 is 9.84 Å². The Morgan fingerprint density at radius 1 is 0.517 bits per heavy atom. The molecule has 0 saturated carbocycles. The van der Waals surface area contributed by atoms with Gasteiger partial charge in [-0.25, -0.2) is 38.3 Å². The zero-order chi connectivity index (χ0) is 40.0. The molecular formula is C46H36N8O2S2. The molecule has 10 aromatic rings. The molecule has 0 aliphatic rings. The van der Waals surface area contributed by atoms with Crippen molar-refractivity contribution in [3.05, 3.63) is 157 Å². The molecule has 0 amide bonds. The van der Waals surface area contributed by atoms with Crippen molar-refractivity contribution >= 4 is 65.2 Å². The fraction of sp³-hybridized carbons (Fsp3) is 0.0870. The number of aryl methyl sites for hydroxylation is 2. The van der Waals surface area contributed by atoms with Crippen LogP contribution in [0.25, 0.3) is 78.0 Å². The summed E-state index contributed by atoms with van der Waals surface area (Å²) in [4.78, 5) is 27.1. The van der Waals surface area contributed by atoms with Crippen molar-refractivity contribution in [2.45, 2.75) is 24.2 Å². The smallest absolute Gasteiger partial charge is 0.248 e. The molecule has 10 rings (SSSR count). The number of thioether (sulfide) groups is 1. The first kappa shape index (κ1) is 36.9. The number of benzene rings is 6. The normalized spacial score (nSPS) is 11.7. The van der Waals surface area contributed by atoms with Gasteiger partial charge in [-0.2, -0.15) is 0 Å². The van der Waals surface area contributed by atoms with E-state index in [1.165, 1.54) is 34.3 Å². The first-order valence-corrected chi connectivity index (χ1v) is 21.6. The van der Waals surface area contributed by atoms with Gasteiger partial charge >= 0.3 is 0 Å². The van der Waals surface area contributed by atoms with Gasteiger partial charge in [0.15, 0.2) is 5.16 Å². The second-order valence-corrected chi connectivity index (χ2v) is 16.7. The highest BCUT2D eigenvalue weighted by Gasteiger charge is 2.20. The minimum Gasteiger partial charge on any atom is -0.276 e. The molecule has 0 bridgehead atoms. The van der Waals surface area contributed by atoms with Crippen LogP contribution in [0, 0.1) is 13.8 Å². The summed E-state index contributed by atoms with van der Waals surface area (Å²) in [5.41, 5.74) is 7.93. The molecule has 58 heavy (non-hydrogen) atoms. The van der Waals surface area contributed by atoms with E-state index in [1.807, 2.05) is 60.2 Å². The quantitative estimate of drug-likeness (QED) is 0.120. The summed E-state index contributed by atoms with van der Waals surface area (Å²) in [6, 6.07) is 45.1. The van der Waals surface area contributed by atoms with Crippen LogP contribution in [0.1, 0.15) is 11.1 Å². The molecule has 6 aromatic carbocycles. The van der Waals surface area contributed by atoms with Crippen molar-refractivity contribution in [3.8, 4) is 34.4 Å². The van der Waals surface area contributed by atoms with Gasteiger partial charge in [-0.1, -0.05) is 96.7 Å². The van der Waals surface area contributed by atoms with Crippen LogP contribution in [0.3, 0.4) is 0 Å². The maximum Gasteiger partial charge on any atom is 0.248 e. The van der Waals surface area contributed by atoms with E-state index in [-0.39, 0.29) is 5.16 Å². The minimum atomic E-state index is -3.54. The van der Waals surface area contributed by atoms with Crippen LogP contribution in [0.15, 0.2) is 156 Å². The second kappa shape index (κ2) is 15.0. The number of fused-ring (bicyclic) bond motifs is 4. The lowest BCUT2D eigenvalue weighted by atomic mass is 10.1.